The van der Waals surface area contributed by atoms with Crippen molar-refractivity contribution in [3.8, 4) is 17.1 Å². The molecule has 3 aromatic rings. The molecule has 2 heterocycles. The zero-order valence-corrected chi connectivity index (χ0v) is 16.1. The number of methoxy groups -OCH3 is 1. The van der Waals surface area contributed by atoms with Crippen LogP contribution >= 0.6 is 0 Å². The Morgan fingerprint density at radius 1 is 1.09 bits per heavy atom. The fourth-order valence-corrected chi connectivity index (χ4v) is 2.75. The average Bonchev–Trinajstić information content (AvgIpc) is 3.12. The molecule has 0 fully saturated rings. The molecule has 0 saturated heterocycles. The van der Waals surface area contributed by atoms with Crippen LogP contribution < -0.4 is 15.8 Å². The molecule has 0 aliphatic heterocycles. The minimum Gasteiger partial charge on any atom is -0.481 e. The Balaban J connectivity index is 1.87. The van der Waals surface area contributed by atoms with Gasteiger partial charge in [0.2, 0.25) is 11.8 Å². The van der Waals surface area contributed by atoms with Gasteiger partial charge in [0, 0.05) is 24.4 Å². The summed E-state index contributed by atoms with van der Waals surface area (Å²) < 4.78 is 87.7. The summed E-state index contributed by atoms with van der Waals surface area (Å²) in [6.07, 6.45) is -8.70. The van der Waals surface area contributed by atoms with Crippen molar-refractivity contribution in [3.63, 3.8) is 0 Å². The summed E-state index contributed by atoms with van der Waals surface area (Å²) in [6.45, 7) is -0.642. The van der Waals surface area contributed by atoms with Gasteiger partial charge < -0.3 is 20.3 Å². The van der Waals surface area contributed by atoms with E-state index in [2.05, 4.69) is 15.5 Å². The van der Waals surface area contributed by atoms with E-state index < -0.39 is 47.4 Å². The van der Waals surface area contributed by atoms with E-state index >= 15 is 0 Å². The topological polar surface area (TPSA) is 103 Å². The molecule has 3 N–H and O–H groups in total. The molecule has 3 rings (SSSR count). The van der Waals surface area contributed by atoms with Gasteiger partial charge in [-0.3, -0.25) is 4.79 Å². The summed E-state index contributed by atoms with van der Waals surface area (Å²) >= 11 is 0. The van der Waals surface area contributed by atoms with Gasteiger partial charge >= 0.3 is 12.4 Å². The van der Waals surface area contributed by atoms with Crippen LogP contribution in [0.3, 0.4) is 0 Å². The third-order valence-corrected chi connectivity index (χ3v) is 4.26. The zero-order valence-electron chi connectivity index (χ0n) is 16.1. The molecule has 0 saturated carbocycles. The number of nitrogens with zero attached hydrogens (tertiary/aromatic N) is 2. The number of carbonyl (C=O) groups excluding carboxylic acids is 1. The number of hydrogen-bond donors (Lipinski definition) is 2. The number of amides is 1. The molecule has 2 aromatic heterocycles. The second-order valence-corrected chi connectivity index (χ2v) is 6.46. The second-order valence-electron chi connectivity index (χ2n) is 6.46. The molecule has 13 heteroatoms. The fraction of sp³-hybridized carbons (Fsp3) is 0.211. The second kappa shape index (κ2) is 8.40. The smallest absolute Gasteiger partial charge is 0.416 e. The highest BCUT2D eigenvalue weighted by molar-refractivity contribution is 6.03. The highest BCUT2D eigenvalue weighted by Gasteiger charge is 2.37. The van der Waals surface area contributed by atoms with Crippen molar-refractivity contribution in [2.24, 2.45) is 0 Å². The molecule has 0 radical (unpaired) electrons. The number of anilines is 1. The largest absolute Gasteiger partial charge is 0.481 e. The number of aromatic nitrogens is 2. The normalized spacial score (nSPS) is 12.0. The first-order valence-electron chi connectivity index (χ1n) is 8.72. The van der Waals surface area contributed by atoms with Gasteiger partial charge in [-0.15, -0.1) is 0 Å². The first kappa shape index (κ1) is 22.9. The lowest BCUT2D eigenvalue weighted by Crippen LogP contribution is -2.24. The van der Waals surface area contributed by atoms with Crippen LogP contribution in [-0.4, -0.2) is 23.2 Å². The number of pyridine rings is 1. The predicted molar refractivity (Wildman–Crippen MR) is 98.3 cm³/mol. The lowest BCUT2D eigenvalue weighted by atomic mass is 10.0. The maximum atomic E-state index is 13.0. The molecule has 0 atom stereocenters. The number of carbonyl (C=O) groups is 1. The number of alkyl halides is 6. The van der Waals surface area contributed by atoms with Crippen LogP contribution in [0, 0.1) is 0 Å². The SMILES string of the molecule is COc1ccc(-c2noc(N)c2C(=O)NCc2cc(C(F)(F)F)cc(C(F)(F)F)c2)cn1. The number of benzene rings is 1. The third kappa shape index (κ3) is 4.92. The average molecular weight is 460 g/mol. The van der Waals surface area contributed by atoms with Crippen molar-refractivity contribution >= 4 is 11.8 Å². The lowest BCUT2D eigenvalue weighted by Gasteiger charge is -2.14. The number of nitrogen functional groups attached to an aromatic ring is 1. The van der Waals surface area contributed by atoms with Gasteiger partial charge in [0.05, 0.1) is 18.2 Å². The number of rotatable bonds is 5. The highest BCUT2D eigenvalue weighted by atomic mass is 19.4. The van der Waals surface area contributed by atoms with Crippen molar-refractivity contribution in [2.75, 3.05) is 12.8 Å². The molecule has 1 amide bonds. The molecule has 0 aliphatic carbocycles. The molecule has 0 spiro atoms. The summed E-state index contributed by atoms with van der Waals surface area (Å²) in [6, 6.07) is 4.01. The lowest BCUT2D eigenvalue weighted by molar-refractivity contribution is -0.143. The molecule has 7 nitrogen and oxygen atoms in total. The van der Waals surface area contributed by atoms with Gasteiger partial charge in [0.15, 0.2) is 0 Å². The van der Waals surface area contributed by atoms with E-state index in [0.29, 0.717) is 17.7 Å². The molecule has 0 bridgehead atoms. The predicted octanol–water partition coefficient (Wildman–Crippen LogP) is 4.30. The summed E-state index contributed by atoms with van der Waals surface area (Å²) in [7, 11) is 1.40. The summed E-state index contributed by atoms with van der Waals surface area (Å²) in [4.78, 5) is 16.6. The van der Waals surface area contributed by atoms with E-state index in [1.54, 1.807) is 0 Å². The highest BCUT2D eigenvalue weighted by Crippen LogP contribution is 2.36. The van der Waals surface area contributed by atoms with E-state index in [1.807, 2.05) is 0 Å². The standard InChI is InChI=1S/C19H14F6N4O3/c1-31-13-3-2-10(8-27-13)15-14(16(26)32-29-15)17(30)28-7-9-4-11(18(20,21)22)6-12(5-9)19(23,24)25/h2-6,8H,7,26H2,1H3,(H,28,30). The van der Waals surface area contributed by atoms with E-state index in [4.69, 9.17) is 15.0 Å². The Morgan fingerprint density at radius 2 is 1.72 bits per heavy atom. The number of nitrogens with one attached hydrogen (secondary N) is 1. The van der Waals surface area contributed by atoms with Crippen molar-refractivity contribution in [1.82, 2.24) is 15.5 Å². The summed E-state index contributed by atoms with van der Waals surface area (Å²) in [5.41, 5.74) is 2.28. The first-order valence-corrected chi connectivity index (χ1v) is 8.72. The van der Waals surface area contributed by atoms with Crippen LogP contribution in [0.15, 0.2) is 41.1 Å². The fourth-order valence-electron chi connectivity index (χ4n) is 2.75. The van der Waals surface area contributed by atoms with E-state index in [9.17, 15) is 31.1 Å². The molecular formula is C19H14F6N4O3. The minimum atomic E-state index is -5.01. The van der Waals surface area contributed by atoms with Gasteiger partial charge in [-0.05, 0) is 29.8 Å². The van der Waals surface area contributed by atoms with Gasteiger partial charge in [0.1, 0.15) is 11.3 Å². The number of nitrogens with two attached hydrogens (primary N) is 1. The minimum absolute atomic E-state index is 0.00190. The van der Waals surface area contributed by atoms with Crippen molar-refractivity contribution < 1.29 is 40.4 Å². The molecule has 0 aliphatic rings. The van der Waals surface area contributed by atoms with Crippen LogP contribution in [0.25, 0.3) is 11.3 Å². The zero-order chi connectivity index (χ0) is 23.7. The van der Waals surface area contributed by atoms with Crippen molar-refractivity contribution in [3.05, 3.63) is 58.8 Å². The molecule has 0 unspecified atom stereocenters. The summed E-state index contributed by atoms with van der Waals surface area (Å²) in [5, 5.41) is 5.90. The Labute approximate surface area is 176 Å². The Kier molecular flexibility index (Phi) is 6.01. The van der Waals surface area contributed by atoms with Gasteiger partial charge in [-0.25, -0.2) is 4.98 Å². The molecule has 32 heavy (non-hydrogen) atoms. The van der Waals surface area contributed by atoms with Gasteiger partial charge in [-0.2, -0.15) is 26.3 Å². The summed E-state index contributed by atoms with van der Waals surface area (Å²) in [5.74, 6) is -1.03. The maximum Gasteiger partial charge on any atom is 0.416 e. The number of ether oxygens (including phenoxy) is 1. The Morgan fingerprint density at radius 3 is 2.22 bits per heavy atom. The van der Waals surface area contributed by atoms with Crippen LogP contribution in [0.4, 0.5) is 32.2 Å². The van der Waals surface area contributed by atoms with E-state index in [1.165, 1.54) is 25.4 Å². The van der Waals surface area contributed by atoms with Crippen LogP contribution in [0.5, 0.6) is 5.88 Å². The number of hydrogen-bond acceptors (Lipinski definition) is 6. The molecule has 170 valence electrons. The van der Waals surface area contributed by atoms with Crippen molar-refractivity contribution in [2.45, 2.75) is 18.9 Å². The monoisotopic (exact) mass is 460 g/mol. The van der Waals surface area contributed by atoms with Crippen molar-refractivity contribution in [1.29, 1.82) is 0 Å². The van der Waals surface area contributed by atoms with Crippen LogP contribution in [0.2, 0.25) is 0 Å². The van der Waals surface area contributed by atoms with Gasteiger partial charge in [-0.1, -0.05) is 5.16 Å². The van der Waals surface area contributed by atoms with Gasteiger partial charge in [0.25, 0.3) is 5.91 Å². The Bertz CT molecular complexity index is 1090. The van der Waals surface area contributed by atoms with Crippen LogP contribution in [0.1, 0.15) is 27.0 Å². The maximum absolute atomic E-state index is 13.0. The third-order valence-electron chi connectivity index (χ3n) is 4.26. The number of halogens is 6. The van der Waals surface area contributed by atoms with Crippen LogP contribution in [-0.2, 0) is 18.9 Å². The molecule has 1 aromatic carbocycles. The molecular weight excluding hydrogens is 446 g/mol. The van der Waals surface area contributed by atoms with E-state index in [-0.39, 0.29) is 23.2 Å². The quantitative estimate of drug-likeness (QED) is 0.551. The van der Waals surface area contributed by atoms with E-state index in [0.717, 1.165) is 0 Å². The first-order chi connectivity index (χ1) is 14.9. The Hall–Kier alpha value is -3.77.